The zero-order valence-electron chi connectivity index (χ0n) is 13.7. The fraction of sp³-hybridized carbons (Fsp3) is 0.500. The molecule has 0 aliphatic carbocycles. The lowest BCUT2D eigenvalue weighted by Crippen LogP contribution is -2.38. The van der Waals surface area contributed by atoms with E-state index in [1.54, 1.807) is 12.1 Å². The van der Waals surface area contributed by atoms with Gasteiger partial charge in [-0.05, 0) is 17.7 Å². The van der Waals surface area contributed by atoms with Crippen LogP contribution in [0.2, 0.25) is 0 Å². The molecule has 1 aromatic rings. The SMILES string of the molecule is CN=C(NCCC(F)(F)F)NCc1ccc(S(=O)(=O)N(C)C)cc1. The van der Waals surface area contributed by atoms with E-state index in [0.29, 0.717) is 6.54 Å². The molecule has 6 nitrogen and oxygen atoms in total. The summed E-state index contributed by atoms with van der Waals surface area (Å²) in [7, 11) is 0.860. The van der Waals surface area contributed by atoms with Crippen LogP contribution in [0.5, 0.6) is 0 Å². The molecule has 0 amide bonds. The van der Waals surface area contributed by atoms with Gasteiger partial charge >= 0.3 is 6.18 Å². The summed E-state index contributed by atoms with van der Waals surface area (Å²) in [5.41, 5.74) is 0.770. The maximum Gasteiger partial charge on any atom is 0.390 e. The molecule has 10 heteroatoms. The Morgan fingerprint density at radius 1 is 1.17 bits per heavy atom. The minimum Gasteiger partial charge on any atom is -0.356 e. The first kappa shape index (κ1) is 20.2. The Morgan fingerprint density at radius 2 is 1.75 bits per heavy atom. The van der Waals surface area contributed by atoms with Crippen molar-refractivity contribution in [2.24, 2.45) is 4.99 Å². The van der Waals surface area contributed by atoms with Crippen molar-refractivity contribution in [1.82, 2.24) is 14.9 Å². The van der Waals surface area contributed by atoms with Crippen LogP contribution in [0.3, 0.4) is 0 Å². The van der Waals surface area contributed by atoms with Crippen LogP contribution in [0.15, 0.2) is 34.2 Å². The van der Waals surface area contributed by atoms with E-state index in [1.807, 2.05) is 0 Å². The molecule has 0 aromatic heterocycles. The van der Waals surface area contributed by atoms with Gasteiger partial charge in [0.25, 0.3) is 0 Å². The van der Waals surface area contributed by atoms with E-state index < -0.39 is 22.6 Å². The summed E-state index contributed by atoms with van der Waals surface area (Å²) in [6.07, 6.45) is -5.18. The molecule has 0 saturated heterocycles. The number of alkyl halides is 3. The third-order valence-electron chi connectivity index (χ3n) is 3.09. The molecule has 1 aromatic carbocycles. The van der Waals surface area contributed by atoms with Crippen molar-refractivity contribution in [2.45, 2.75) is 24.0 Å². The number of halogens is 3. The van der Waals surface area contributed by atoms with Crippen LogP contribution in [0.1, 0.15) is 12.0 Å². The predicted molar refractivity (Wildman–Crippen MR) is 86.2 cm³/mol. The van der Waals surface area contributed by atoms with E-state index in [0.717, 1.165) is 9.87 Å². The lowest BCUT2D eigenvalue weighted by Gasteiger charge is -2.14. The van der Waals surface area contributed by atoms with Crippen molar-refractivity contribution < 1.29 is 21.6 Å². The Bertz CT molecular complexity index is 656. The molecule has 0 spiro atoms. The number of aliphatic imine (C=N–C) groups is 1. The highest BCUT2D eigenvalue weighted by Gasteiger charge is 2.26. The second-order valence-corrected chi connectivity index (χ2v) is 7.30. The van der Waals surface area contributed by atoms with Crippen molar-refractivity contribution in [3.8, 4) is 0 Å². The average Bonchev–Trinajstić information content (AvgIpc) is 2.49. The van der Waals surface area contributed by atoms with Crippen LogP contribution in [0.25, 0.3) is 0 Å². The maximum atomic E-state index is 12.1. The van der Waals surface area contributed by atoms with E-state index in [2.05, 4.69) is 15.6 Å². The lowest BCUT2D eigenvalue weighted by atomic mass is 10.2. The molecule has 0 saturated carbocycles. The van der Waals surface area contributed by atoms with Crippen molar-refractivity contribution in [3.63, 3.8) is 0 Å². The standard InChI is InChI=1S/C14H21F3N4O2S/c1-18-13(19-9-8-14(15,16)17)20-10-11-4-6-12(7-5-11)24(22,23)21(2)3/h4-7H,8-10H2,1-3H3,(H2,18,19,20). The molecule has 0 aliphatic heterocycles. The van der Waals surface area contributed by atoms with Gasteiger partial charge in [0.15, 0.2) is 5.96 Å². The molecule has 1 rings (SSSR count). The Labute approximate surface area is 139 Å². The topological polar surface area (TPSA) is 73.8 Å². The molecular formula is C14H21F3N4O2S. The molecule has 0 bridgehead atoms. The highest BCUT2D eigenvalue weighted by Crippen LogP contribution is 2.18. The summed E-state index contributed by atoms with van der Waals surface area (Å²) >= 11 is 0. The first-order valence-corrected chi connectivity index (χ1v) is 8.53. The Hall–Kier alpha value is -1.81. The Kier molecular flexibility index (Phi) is 7.03. The van der Waals surface area contributed by atoms with E-state index in [1.165, 1.54) is 33.3 Å². The van der Waals surface area contributed by atoms with Gasteiger partial charge in [-0.3, -0.25) is 4.99 Å². The average molecular weight is 366 g/mol. The Balaban J connectivity index is 2.58. The summed E-state index contributed by atoms with van der Waals surface area (Å²) in [6.45, 7) is 0.0250. The first-order valence-electron chi connectivity index (χ1n) is 7.09. The second-order valence-electron chi connectivity index (χ2n) is 5.15. The second kappa shape index (κ2) is 8.34. The molecule has 2 N–H and O–H groups in total. The number of rotatable bonds is 6. The van der Waals surface area contributed by atoms with Crippen LogP contribution in [0, 0.1) is 0 Å². The van der Waals surface area contributed by atoms with E-state index in [9.17, 15) is 21.6 Å². The van der Waals surface area contributed by atoms with Crippen molar-refractivity contribution >= 4 is 16.0 Å². The number of benzene rings is 1. The van der Waals surface area contributed by atoms with Gasteiger partial charge in [-0.15, -0.1) is 0 Å². The molecule has 0 fully saturated rings. The molecule has 0 radical (unpaired) electrons. The number of hydrogen-bond donors (Lipinski definition) is 2. The third-order valence-corrected chi connectivity index (χ3v) is 4.92. The van der Waals surface area contributed by atoms with E-state index >= 15 is 0 Å². The highest BCUT2D eigenvalue weighted by atomic mass is 32.2. The summed E-state index contributed by atoms with van der Waals surface area (Å²) in [5.74, 6) is 0.240. The molecule has 136 valence electrons. The molecular weight excluding hydrogens is 345 g/mol. The van der Waals surface area contributed by atoms with Crippen LogP contribution in [-0.4, -0.2) is 52.5 Å². The van der Waals surface area contributed by atoms with Crippen molar-refractivity contribution in [1.29, 1.82) is 0 Å². The van der Waals surface area contributed by atoms with Gasteiger partial charge in [0, 0.05) is 34.2 Å². The first-order chi connectivity index (χ1) is 11.1. The molecule has 24 heavy (non-hydrogen) atoms. The zero-order chi connectivity index (χ0) is 18.4. The minimum atomic E-state index is -4.22. The number of hydrogen-bond acceptors (Lipinski definition) is 3. The van der Waals surface area contributed by atoms with Gasteiger partial charge in [0.05, 0.1) is 11.3 Å². The summed E-state index contributed by atoms with van der Waals surface area (Å²) in [5, 5.41) is 5.43. The minimum absolute atomic E-state index is 0.170. The van der Waals surface area contributed by atoms with Gasteiger partial charge in [-0.1, -0.05) is 12.1 Å². The monoisotopic (exact) mass is 366 g/mol. The molecule has 0 heterocycles. The van der Waals surface area contributed by atoms with Gasteiger partial charge in [-0.25, -0.2) is 12.7 Å². The summed E-state index contributed by atoms with van der Waals surface area (Å²) < 4.78 is 61.3. The van der Waals surface area contributed by atoms with Gasteiger partial charge in [0.2, 0.25) is 10.0 Å². The number of guanidine groups is 1. The number of nitrogens with zero attached hydrogens (tertiary/aromatic N) is 2. The summed E-state index contributed by atoms with van der Waals surface area (Å²) in [4.78, 5) is 4.00. The van der Waals surface area contributed by atoms with Crippen LogP contribution in [-0.2, 0) is 16.6 Å². The van der Waals surface area contributed by atoms with Gasteiger partial charge in [-0.2, -0.15) is 13.2 Å². The predicted octanol–water partition coefficient (Wildman–Crippen LogP) is 1.55. The zero-order valence-corrected chi connectivity index (χ0v) is 14.5. The lowest BCUT2D eigenvalue weighted by molar-refractivity contribution is -0.132. The molecule has 0 atom stereocenters. The van der Waals surface area contributed by atoms with Crippen molar-refractivity contribution in [3.05, 3.63) is 29.8 Å². The normalized spacial score (nSPS) is 13.2. The van der Waals surface area contributed by atoms with Crippen LogP contribution >= 0.6 is 0 Å². The van der Waals surface area contributed by atoms with Gasteiger partial charge in [0.1, 0.15) is 0 Å². The summed E-state index contributed by atoms with van der Waals surface area (Å²) in [6, 6.07) is 6.22. The smallest absolute Gasteiger partial charge is 0.356 e. The highest BCUT2D eigenvalue weighted by molar-refractivity contribution is 7.89. The number of sulfonamides is 1. The fourth-order valence-corrected chi connectivity index (χ4v) is 2.62. The van der Waals surface area contributed by atoms with Crippen LogP contribution < -0.4 is 10.6 Å². The van der Waals surface area contributed by atoms with E-state index in [4.69, 9.17) is 0 Å². The quantitative estimate of drug-likeness (QED) is 0.592. The molecule has 0 unspecified atom stereocenters. The molecule has 0 aliphatic rings. The fourth-order valence-electron chi connectivity index (χ4n) is 1.72. The maximum absolute atomic E-state index is 12.1. The third kappa shape index (κ3) is 6.36. The van der Waals surface area contributed by atoms with Crippen molar-refractivity contribution in [2.75, 3.05) is 27.7 Å². The van der Waals surface area contributed by atoms with Gasteiger partial charge < -0.3 is 10.6 Å². The number of nitrogens with one attached hydrogen (secondary N) is 2. The Morgan fingerprint density at radius 3 is 2.21 bits per heavy atom. The largest absolute Gasteiger partial charge is 0.390 e. The van der Waals surface area contributed by atoms with E-state index in [-0.39, 0.29) is 17.4 Å². The van der Waals surface area contributed by atoms with Crippen LogP contribution in [0.4, 0.5) is 13.2 Å².